The first-order valence-corrected chi connectivity index (χ1v) is 16.3. The number of aliphatic imine (C=N–C) groups is 1. The lowest BCUT2D eigenvalue weighted by atomic mass is 9.87. The Hall–Kier alpha value is -5.94. The molecule has 5 rings (SSSR count). The van der Waals surface area contributed by atoms with Gasteiger partial charge in [-0.1, -0.05) is 97.1 Å². The first-order chi connectivity index (χ1) is 24.1. The summed E-state index contributed by atoms with van der Waals surface area (Å²) in [7, 11) is 3.55. The summed E-state index contributed by atoms with van der Waals surface area (Å²) in [5, 5.41) is 16.4. The lowest BCUT2D eigenvalue weighted by molar-refractivity contribution is -0.147. The van der Waals surface area contributed by atoms with Crippen LogP contribution in [0.3, 0.4) is 0 Å². The van der Waals surface area contributed by atoms with Gasteiger partial charge in [0.1, 0.15) is 6.04 Å². The van der Waals surface area contributed by atoms with Gasteiger partial charge in [0.15, 0.2) is 6.04 Å². The van der Waals surface area contributed by atoms with E-state index in [4.69, 9.17) is 4.99 Å². The molecular weight excluding hydrogens is 634 g/mol. The van der Waals surface area contributed by atoms with Crippen LogP contribution in [0.15, 0.2) is 120 Å². The van der Waals surface area contributed by atoms with Crippen molar-refractivity contribution in [2.24, 2.45) is 4.99 Å². The molecule has 1 aliphatic heterocycles. The number of amides is 4. The molecule has 1 heterocycles. The van der Waals surface area contributed by atoms with E-state index < -0.39 is 48.1 Å². The Labute approximate surface area is 290 Å². The molecule has 50 heavy (non-hydrogen) atoms. The van der Waals surface area contributed by atoms with Crippen LogP contribution in [-0.4, -0.2) is 82.9 Å². The molecular formula is C39H39N5O6. The molecule has 0 bridgehead atoms. The Morgan fingerprint density at radius 1 is 0.840 bits per heavy atom. The maximum atomic E-state index is 14.1. The van der Waals surface area contributed by atoms with Crippen LogP contribution in [0.25, 0.3) is 0 Å². The van der Waals surface area contributed by atoms with Crippen molar-refractivity contribution in [1.29, 1.82) is 0 Å². The minimum atomic E-state index is -1.50. The highest BCUT2D eigenvalue weighted by Gasteiger charge is 2.42. The largest absolute Gasteiger partial charge is 0.480 e. The normalized spacial score (nSPS) is 15.7. The number of hydrogen-bond acceptors (Lipinski definition) is 7. The Bertz CT molecular complexity index is 1860. The van der Waals surface area contributed by atoms with Gasteiger partial charge in [0.25, 0.3) is 0 Å². The lowest BCUT2D eigenvalue weighted by Crippen LogP contribution is -2.46. The number of carbonyl (C=O) groups excluding carboxylic acids is 4. The molecule has 1 aliphatic rings. The van der Waals surface area contributed by atoms with Crippen LogP contribution in [0.4, 0.5) is 11.4 Å². The van der Waals surface area contributed by atoms with Gasteiger partial charge < -0.3 is 20.6 Å². The molecule has 3 atom stereocenters. The highest BCUT2D eigenvalue weighted by atomic mass is 16.4. The van der Waals surface area contributed by atoms with Gasteiger partial charge >= 0.3 is 5.97 Å². The number of imide groups is 1. The van der Waals surface area contributed by atoms with Crippen molar-refractivity contribution in [2.75, 3.05) is 31.3 Å². The maximum absolute atomic E-state index is 14.1. The van der Waals surface area contributed by atoms with E-state index in [2.05, 4.69) is 10.6 Å². The van der Waals surface area contributed by atoms with E-state index in [0.29, 0.717) is 33.8 Å². The van der Waals surface area contributed by atoms with Crippen LogP contribution in [0.5, 0.6) is 0 Å². The SMILES string of the molecule is CN(C)CC(=O)Nc1ccccc1C(=N[C@@H](C(=O)O)[C@@H](CC(=O)N1C(=O)CC[C@H]1C(=O)Nc1ccccc1)c1ccccc1)c1ccccc1. The maximum Gasteiger partial charge on any atom is 0.329 e. The predicted molar refractivity (Wildman–Crippen MR) is 191 cm³/mol. The number of carboxylic acid groups (broad SMARTS) is 1. The van der Waals surface area contributed by atoms with Gasteiger partial charge in [0.2, 0.25) is 23.6 Å². The molecule has 4 amide bonds. The number of aliphatic carboxylic acids is 1. The topological polar surface area (TPSA) is 148 Å². The number of carboxylic acids is 1. The first kappa shape index (κ1) is 35.4. The van der Waals surface area contributed by atoms with Crippen molar-refractivity contribution in [3.63, 3.8) is 0 Å². The van der Waals surface area contributed by atoms with E-state index >= 15 is 0 Å². The molecule has 256 valence electrons. The van der Waals surface area contributed by atoms with Crippen molar-refractivity contribution in [1.82, 2.24) is 9.80 Å². The second kappa shape index (κ2) is 16.4. The molecule has 1 saturated heterocycles. The molecule has 3 N–H and O–H groups in total. The molecule has 4 aromatic rings. The van der Waals surface area contributed by atoms with Gasteiger partial charge in [-0.2, -0.15) is 0 Å². The summed E-state index contributed by atoms with van der Waals surface area (Å²) in [6.45, 7) is 0.127. The number of likely N-dealkylation sites (tertiary alicyclic amines) is 1. The second-order valence-electron chi connectivity index (χ2n) is 12.2. The predicted octanol–water partition coefficient (Wildman–Crippen LogP) is 4.81. The Kier molecular flexibility index (Phi) is 11.6. The Morgan fingerprint density at radius 3 is 2.08 bits per heavy atom. The number of carbonyl (C=O) groups is 5. The number of rotatable bonds is 13. The zero-order chi connectivity index (χ0) is 35.6. The van der Waals surface area contributed by atoms with Crippen LogP contribution < -0.4 is 10.6 Å². The lowest BCUT2D eigenvalue weighted by Gasteiger charge is -2.27. The molecule has 0 radical (unpaired) electrons. The minimum absolute atomic E-state index is 0.00359. The Morgan fingerprint density at radius 2 is 1.44 bits per heavy atom. The summed E-state index contributed by atoms with van der Waals surface area (Å²) < 4.78 is 0. The number of anilines is 2. The summed E-state index contributed by atoms with van der Waals surface area (Å²) in [6.07, 6.45) is -0.257. The van der Waals surface area contributed by atoms with E-state index in [1.54, 1.807) is 128 Å². The van der Waals surface area contributed by atoms with Gasteiger partial charge in [0, 0.05) is 35.6 Å². The van der Waals surface area contributed by atoms with E-state index in [0.717, 1.165) is 4.90 Å². The fraction of sp³-hybridized carbons (Fsp3) is 0.231. The number of para-hydroxylation sites is 2. The van der Waals surface area contributed by atoms with Crippen molar-refractivity contribution in [3.05, 3.63) is 132 Å². The molecule has 0 aromatic heterocycles. The van der Waals surface area contributed by atoms with Crippen molar-refractivity contribution in [3.8, 4) is 0 Å². The molecule has 0 unspecified atom stereocenters. The van der Waals surface area contributed by atoms with Crippen LogP contribution in [0.2, 0.25) is 0 Å². The monoisotopic (exact) mass is 673 g/mol. The molecule has 0 spiro atoms. The summed E-state index contributed by atoms with van der Waals surface area (Å²) in [6, 6.07) is 30.9. The number of likely N-dealkylation sites (N-methyl/N-ethyl adjacent to an activating group) is 1. The number of nitrogens with one attached hydrogen (secondary N) is 2. The standard InChI is InChI=1S/C39H39N5O6/c1-43(2)25-33(45)41-31-21-13-12-20-29(31)36(27-16-8-4-9-17-27)42-37(39(49)50)30(26-14-6-3-7-15-26)24-35(47)44-32(22-23-34(44)46)38(48)40-28-18-10-5-11-19-28/h3-21,30,32,37H,22-25H2,1-2H3,(H,40,48)(H,41,45)(H,49,50)/t30-,32-,37+/m0/s1. The zero-order valence-electron chi connectivity index (χ0n) is 27.9. The van der Waals surface area contributed by atoms with Crippen molar-refractivity contribution < 1.29 is 29.1 Å². The highest BCUT2D eigenvalue weighted by Crippen LogP contribution is 2.32. The van der Waals surface area contributed by atoms with Gasteiger partial charge in [-0.3, -0.25) is 29.1 Å². The van der Waals surface area contributed by atoms with Crippen molar-refractivity contribution >= 4 is 46.7 Å². The zero-order valence-corrected chi connectivity index (χ0v) is 27.9. The molecule has 11 heteroatoms. The average molecular weight is 674 g/mol. The smallest absolute Gasteiger partial charge is 0.329 e. The van der Waals surface area contributed by atoms with Gasteiger partial charge in [-0.25, -0.2) is 4.79 Å². The molecule has 1 fully saturated rings. The molecule has 0 aliphatic carbocycles. The fourth-order valence-corrected chi connectivity index (χ4v) is 6.02. The van der Waals surface area contributed by atoms with Crippen LogP contribution in [0, 0.1) is 0 Å². The third kappa shape index (κ3) is 8.74. The summed E-state index contributed by atoms with van der Waals surface area (Å²) in [5.41, 5.74) is 2.87. The van der Waals surface area contributed by atoms with Gasteiger partial charge in [-0.05, 0) is 44.3 Å². The first-order valence-electron chi connectivity index (χ1n) is 16.3. The molecule has 4 aromatic carbocycles. The number of benzene rings is 4. The average Bonchev–Trinajstić information content (AvgIpc) is 3.50. The van der Waals surface area contributed by atoms with E-state index in [-0.39, 0.29) is 25.3 Å². The molecule has 0 saturated carbocycles. The second-order valence-corrected chi connectivity index (χ2v) is 12.2. The minimum Gasteiger partial charge on any atom is -0.480 e. The third-order valence-corrected chi connectivity index (χ3v) is 8.31. The number of nitrogens with zero attached hydrogens (tertiary/aromatic N) is 3. The van der Waals surface area contributed by atoms with Crippen molar-refractivity contribution in [2.45, 2.75) is 37.3 Å². The number of hydrogen-bond donors (Lipinski definition) is 3. The summed E-state index contributed by atoms with van der Waals surface area (Å²) in [5.74, 6) is -4.26. The Balaban J connectivity index is 1.55. The van der Waals surface area contributed by atoms with Crippen LogP contribution in [-0.2, 0) is 24.0 Å². The summed E-state index contributed by atoms with van der Waals surface area (Å²) >= 11 is 0. The van der Waals surface area contributed by atoms with Crippen LogP contribution >= 0.6 is 0 Å². The highest BCUT2D eigenvalue weighted by molar-refractivity contribution is 6.17. The van der Waals surface area contributed by atoms with E-state index in [9.17, 15) is 29.1 Å². The van der Waals surface area contributed by atoms with Crippen LogP contribution in [0.1, 0.15) is 41.9 Å². The van der Waals surface area contributed by atoms with E-state index in [1.807, 2.05) is 6.07 Å². The quantitative estimate of drug-likeness (QED) is 0.173. The van der Waals surface area contributed by atoms with E-state index in [1.165, 1.54) is 0 Å². The molecule has 11 nitrogen and oxygen atoms in total. The van der Waals surface area contributed by atoms with Gasteiger partial charge in [-0.15, -0.1) is 0 Å². The fourth-order valence-electron chi connectivity index (χ4n) is 6.02. The third-order valence-electron chi connectivity index (χ3n) is 8.31. The van der Waals surface area contributed by atoms with Gasteiger partial charge in [0.05, 0.1) is 17.9 Å². The summed E-state index contributed by atoms with van der Waals surface area (Å²) in [4.78, 5) is 74.0.